The fraction of sp³-hybridized carbons (Fsp3) is 0.308. The van der Waals surface area contributed by atoms with Gasteiger partial charge in [-0.25, -0.2) is 0 Å². The number of H-pyrrole nitrogens is 1. The number of benzene rings is 1. The van der Waals surface area contributed by atoms with E-state index in [0.29, 0.717) is 0 Å². The Balaban J connectivity index is 2.54. The van der Waals surface area contributed by atoms with Crippen LogP contribution in [0.1, 0.15) is 19.0 Å². The molecule has 0 saturated carbocycles. The summed E-state index contributed by atoms with van der Waals surface area (Å²) in [6, 6.07) is 9.79. The second kappa shape index (κ2) is 4.39. The normalized spacial score (nSPS) is 10.6. The van der Waals surface area contributed by atoms with E-state index in [4.69, 9.17) is 0 Å². The van der Waals surface area contributed by atoms with Crippen LogP contribution in [-0.2, 0) is 6.54 Å². The lowest BCUT2D eigenvalue weighted by atomic mass is 10.1. The SMILES string of the molecule is CCCn1[nH]c(C)c(-c2ccccc2)c1=O. The highest BCUT2D eigenvalue weighted by atomic mass is 16.1. The zero-order valence-electron chi connectivity index (χ0n) is 9.66. The summed E-state index contributed by atoms with van der Waals surface area (Å²) in [6.45, 7) is 4.74. The smallest absolute Gasteiger partial charge is 0.274 e. The molecule has 84 valence electrons. The fourth-order valence-corrected chi connectivity index (χ4v) is 1.93. The predicted molar refractivity (Wildman–Crippen MR) is 65.5 cm³/mol. The van der Waals surface area contributed by atoms with Crippen molar-refractivity contribution in [3.63, 3.8) is 0 Å². The Morgan fingerprint density at radius 1 is 1.25 bits per heavy atom. The molecule has 0 radical (unpaired) electrons. The minimum Gasteiger partial charge on any atom is -0.299 e. The maximum absolute atomic E-state index is 12.1. The first-order chi connectivity index (χ1) is 7.74. The molecule has 0 saturated heterocycles. The van der Waals surface area contributed by atoms with Crippen LogP contribution in [0.4, 0.5) is 0 Å². The molecule has 2 rings (SSSR count). The Kier molecular flexibility index (Phi) is 2.95. The minimum absolute atomic E-state index is 0.0746. The predicted octanol–water partition coefficient (Wildman–Crippen LogP) is 2.56. The van der Waals surface area contributed by atoms with E-state index in [-0.39, 0.29) is 5.56 Å². The molecule has 0 fully saturated rings. The van der Waals surface area contributed by atoms with Gasteiger partial charge in [-0.3, -0.25) is 14.6 Å². The average Bonchev–Trinajstić information content (AvgIpc) is 2.56. The van der Waals surface area contributed by atoms with Gasteiger partial charge in [-0.1, -0.05) is 37.3 Å². The van der Waals surface area contributed by atoms with Gasteiger partial charge < -0.3 is 0 Å². The molecule has 0 unspecified atom stereocenters. The molecule has 16 heavy (non-hydrogen) atoms. The Labute approximate surface area is 94.7 Å². The standard InChI is InChI=1S/C13H16N2O/c1-3-9-15-13(16)12(10(2)14-15)11-7-5-4-6-8-11/h4-8,14H,3,9H2,1-2H3. The quantitative estimate of drug-likeness (QED) is 0.841. The minimum atomic E-state index is 0.0746. The van der Waals surface area contributed by atoms with Crippen molar-refractivity contribution in [3.05, 3.63) is 46.4 Å². The van der Waals surface area contributed by atoms with E-state index >= 15 is 0 Å². The number of nitrogens with zero attached hydrogens (tertiary/aromatic N) is 1. The number of rotatable bonds is 3. The molecule has 2 aromatic rings. The molecule has 0 atom stereocenters. The van der Waals surface area contributed by atoms with Gasteiger partial charge in [0.2, 0.25) is 0 Å². The Bertz CT molecular complexity index is 523. The summed E-state index contributed by atoms with van der Waals surface area (Å²) >= 11 is 0. The van der Waals surface area contributed by atoms with E-state index in [1.165, 1.54) is 0 Å². The highest BCUT2D eigenvalue weighted by molar-refractivity contribution is 5.64. The van der Waals surface area contributed by atoms with Gasteiger partial charge >= 0.3 is 0 Å². The van der Waals surface area contributed by atoms with Crippen molar-refractivity contribution in [1.82, 2.24) is 9.78 Å². The molecule has 0 aliphatic rings. The molecule has 3 nitrogen and oxygen atoms in total. The van der Waals surface area contributed by atoms with Crippen molar-refractivity contribution >= 4 is 0 Å². The van der Waals surface area contributed by atoms with Crippen LogP contribution in [0, 0.1) is 6.92 Å². The number of aromatic nitrogens is 2. The van der Waals surface area contributed by atoms with E-state index in [1.54, 1.807) is 4.68 Å². The van der Waals surface area contributed by atoms with Crippen molar-refractivity contribution in [2.45, 2.75) is 26.8 Å². The summed E-state index contributed by atoms with van der Waals surface area (Å²) in [4.78, 5) is 12.1. The van der Waals surface area contributed by atoms with E-state index in [0.717, 1.165) is 29.8 Å². The number of aryl methyl sites for hydroxylation is 2. The van der Waals surface area contributed by atoms with Crippen LogP contribution < -0.4 is 5.56 Å². The second-order valence-corrected chi connectivity index (χ2v) is 3.93. The molecule has 0 bridgehead atoms. The monoisotopic (exact) mass is 216 g/mol. The molecular formula is C13H16N2O. The highest BCUT2D eigenvalue weighted by Crippen LogP contribution is 2.17. The third-order valence-corrected chi connectivity index (χ3v) is 2.65. The molecule has 0 aliphatic carbocycles. The average molecular weight is 216 g/mol. The lowest BCUT2D eigenvalue weighted by Crippen LogP contribution is -2.17. The fourth-order valence-electron chi connectivity index (χ4n) is 1.93. The Morgan fingerprint density at radius 2 is 1.94 bits per heavy atom. The van der Waals surface area contributed by atoms with Gasteiger partial charge in [0.1, 0.15) is 0 Å². The van der Waals surface area contributed by atoms with Crippen LogP contribution in [0.15, 0.2) is 35.1 Å². The Morgan fingerprint density at radius 3 is 2.56 bits per heavy atom. The molecule has 1 aromatic heterocycles. The van der Waals surface area contributed by atoms with E-state index in [9.17, 15) is 4.79 Å². The third kappa shape index (κ3) is 1.81. The van der Waals surface area contributed by atoms with Crippen LogP contribution in [0.2, 0.25) is 0 Å². The van der Waals surface area contributed by atoms with Gasteiger partial charge in [0.15, 0.2) is 0 Å². The highest BCUT2D eigenvalue weighted by Gasteiger charge is 2.11. The number of hydrogen-bond acceptors (Lipinski definition) is 1. The van der Waals surface area contributed by atoms with Gasteiger partial charge in [0.25, 0.3) is 5.56 Å². The van der Waals surface area contributed by atoms with Crippen LogP contribution in [0.25, 0.3) is 11.1 Å². The maximum Gasteiger partial charge on any atom is 0.274 e. The zero-order chi connectivity index (χ0) is 11.5. The van der Waals surface area contributed by atoms with Crippen molar-refractivity contribution in [2.75, 3.05) is 0 Å². The molecule has 3 heteroatoms. The lowest BCUT2D eigenvalue weighted by molar-refractivity contribution is 0.581. The summed E-state index contributed by atoms with van der Waals surface area (Å²) < 4.78 is 1.68. The van der Waals surface area contributed by atoms with E-state index in [2.05, 4.69) is 12.0 Å². The molecule has 1 N–H and O–H groups in total. The Hall–Kier alpha value is -1.77. The number of aromatic amines is 1. The van der Waals surface area contributed by atoms with Crippen molar-refractivity contribution in [1.29, 1.82) is 0 Å². The first kappa shape index (κ1) is 10.7. The molecule has 0 spiro atoms. The van der Waals surface area contributed by atoms with Crippen molar-refractivity contribution in [3.8, 4) is 11.1 Å². The summed E-state index contributed by atoms with van der Waals surface area (Å²) in [7, 11) is 0. The molecule has 0 amide bonds. The third-order valence-electron chi connectivity index (χ3n) is 2.65. The van der Waals surface area contributed by atoms with Crippen LogP contribution in [0.5, 0.6) is 0 Å². The van der Waals surface area contributed by atoms with Gasteiger partial charge in [-0.2, -0.15) is 0 Å². The summed E-state index contributed by atoms with van der Waals surface area (Å²) in [6.07, 6.45) is 0.952. The largest absolute Gasteiger partial charge is 0.299 e. The summed E-state index contributed by atoms with van der Waals surface area (Å²) in [5, 5.41) is 3.12. The lowest BCUT2D eigenvalue weighted by Gasteiger charge is -1.96. The van der Waals surface area contributed by atoms with Crippen molar-refractivity contribution < 1.29 is 0 Å². The van der Waals surface area contributed by atoms with Crippen LogP contribution in [0.3, 0.4) is 0 Å². The molecule has 0 aliphatic heterocycles. The van der Waals surface area contributed by atoms with E-state index in [1.807, 2.05) is 37.3 Å². The number of hydrogen-bond donors (Lipinski definition) is 1. The summed E-state index contributed by atoms with van der Waals surface area (Å²) in [5.74, 6) is 0. The van der Waals surface area contributed by atoms with Crippen molar-refractivity contribution in [2.24, 2.45) is 0 Å². The first-order valence-electron chi connectivity index (χ1n) is 5.59. The first-order valence-corrected chi connectivity index (χ1v) is 5.59. The van der Waals surface area contributed by atoms with Gasteiger partial charge in [-0.15, -0.1) is 0 Å². The topological polar surface area (TPSA) is 37.8 Å². The molecule has 1 aromatic carbocycles. The molecular weight excluding hydrogens is 200 g/mol. The van der Waals surface area contributed by atoms with Crippen LogP contribution in [-0.4, -0.2) is 9.78 Å². The maximum atomic E-state index is 12.1. The second-order valence-electron chi connectivity index (χ2n) is 3.93. The van der Waals surface area contributed by atoms with Gasteiger partial charge in [0.05, 0.1) is 5.56 Å². The van der Waals surface area contributed by atoms with Gasteiger partial charge in [-0.05, 0) is 18.9 Å². The van der Waals surface area contributed by atoms with Gasteiger partial charge in [0, 0.05) is 12.2 Å². The zero-order valence-corrected chi connectivity index (χ0v) is 9.66. The van der Waals surface area contributed by atoms with E-state index < -0.39 is 0 Å². The van der Waals surface area contributed by atoms with Crippen LogP contribution >= 0.6 is 0 Å². The summed E-state index contributed by atoms with van der Waals surface area (Å²) in [5.41, 5.74) is 2.78. The number of nitrogens with one attached hydrogen (secondary N) is 1. The molecule has 1 heterocycles.